The van der Waals surface area contributed by atoms with E-state index in [-0.39, 0.29) is 0 Å². The third-order valence-electron chi connectivity index (χ3n) is 1.70. The zero-order valence-corrected chi connectivity index (χ0v) is 7.30. The fourth-order valence-electron chi connectivity index (χ4n) is 1.08. The predicted octanol–water partition coefficient (Wildman–Crippen LogP) is 1.49. The maximum Gasteiger partial charge on any atom is 0.390 e. The van der Waals surface area contributed by atoms with Crippen molar-refractivity contribution in [2.45, 2.75) is 19.5 Å². The fourth-order valence-corrected chi connectivity index (χ4v) is 1.08. The summed E-state index contributed by atoms with van der Waals surface area (Å²) in [6, 6.07) is 0. The van der Waals surface area contributed by atoms with Crippen molar-refractivity contribution in [3.63, 3.8) is 0 Å². The Bertz CT molecular complexity index is 171. The highest BCUT2D eigenvalue weighted by molar-refractivity contribution is 4.99. The van der Waals surface area contributed by atoms with Gasteiger partial charge in [-0.25, -0.2) is 0 Å². The Morgan fingerprint density at radius 2 is 1.62 bits per heavy atom. The van der Waals surface area contributed by atoms with Gasteiger partial charge in [0.05, 0.1) is 19.6 Å². The molecule has 0 aliphatic carbocycles. The second-order valence-electron chi connectivity index (χ2n) is 2.97. The number of hydrogen-bond acceptors (Lipinski definition) is 2. The van der Waals surface area contributed by atoms with Crippen LogP contribution in [0.25, 0.3) is 0 Å². The normalized spacial score (nSPS) is 14.0. The molecule has 0 radical (unpaired) electrons. The molecule has 0 saturated carbocycles. The Hall–Kier alpha value is -0.550. The van der Waals surface area contributed by atoms with Gasteiger partial charge in [-0.3, -0.25) is 0 Å². The van der Waals surface area contributed by atoms with E-state index >= 15 is 0 Å². The summed E-state index contributed by atoms with van der Waals surface area (Å²) >= 11 is 0. The molecule has 0 saturated heterocycles. The summed E-state index contributed by atoms with van der Waals surface area (Å²) in [7, 11) is 0. The summed E-state index contributed by atoms with van der Waals surface area (Å²) in [5.74, 6) is 0. The SMILES string of the molecule is C/C=C/C(CO)(CO)CC(F)(F)F. The molecule has 0 heterocycles. The summed E-state index contributed by atoms with van der Waals surface area (Å²) in [4.78, 5) is 0. The summed E-state index contributed by atoms with van der Waals surface area (Å²) in [6.07, 6.45) is -3.03. The quantitative estimate of drug-likeness (QED) is 0.672. The van der Waals surface area contributed by atoms with Gasteiger partial charge in [0.25, 0.3) is 0 Å². The number of hydrogen-bond donors (Lipinski definition) is 2. The molecule has 5 heteroatoms. The molecule has 0 bridgehead atoms. The largest absolute Gasteiger partial charge is 0.395 e. The topological polar surface area (TPSA) is 40.5 Å². The third-order valence-corrected chi connectivity index (χ3v) is 1.70. The van der Waals surface area contributed by atoms with Crippen molar-refractivity contribution in [1.82, 2.24) is 0 Å². The summed E-state index contributed by atoms with van der Waals surface area (Å²) in [6.45, 7) is 0.108. The summed E-state index contributed by atoms with van der Waals surface area (Å²) in [5, 5.41) is 17.5. The standard InChI is InChI=1S/C8H13F3O2/c1-2-3-7(5-12,6-13)4-8(9,10)11/h2-3,12-13H,4-6H2,1H3/b3-2+. The molecule has 0 aliphatic rings. The molecule has 0 aliphatic heterocycles. The van der Waals surface area contributed by atoms with E-state index < -0.39 is 31.2 Å². The highest BCUT2D eigenvalue weighted by Gasteiger charge is 2.40. The van der Waals surface area contributed by atoms with Gasteiger partial charge in [-0.1, -0.05) is 12.2 Å². The Labute approximate surface area is 74.7 Å². The van der Waals surface area contributed by atoms with Crippen LogP contribution in [-0.4, -0.2) is 29.6 Å². The van der Waals surface area contributed by atoms with E-state index in [1.54, 1.807) is 0 Å². The van der Waals surface area contributed by atoms with E-state index in [2.05, 4.69) is 0 Å². The first-order valence-corrected chi connectivity index (χ1v) is 3.81. The Kier molecular flexibility index (Phi) is 4.43. The maximum absolute atomic E-state index is 12.0. The monoisotopic (exact) mass is 198 g/mol. The van der Waals surface area contributed by atoms with Crippen LogP contribution in [0.15, 0.2) is 12.2 Å². The smallest absolute Gasteiger partial charge is 0.390 e. The van der Waals surface area contributed by atoms with Crippen molar-refractivity contribution < 1.29 is 23.4 Å². The fraction of sp³-hybridized carbons (Fsp3) is 0.750. The molecule has 0 aromatic heterocycles. The molecule has 0 rings (SSSR count). The van der Waals surface area contributed by atoms with Gasteiger partial charge >= 0.3 is 6.18 Å². The van der Waals surface area contributed by atoms with E-state index in [4.69, 9.17) is 10.2 Å². The number of alkyl halides is 3. The van der Waals surface area contributed by atoms with Crippen LogP contribution in [-0.2, 0) is 0 Å². The average molecular weight is 198 g/mol. The van der Waals surface area contributed by atoms with Gasteiger partial charge in [0.2, 0.25) is 0 Å². The molecule has 0 amide bonds. The molecule has 0 spiro atoms. The highest BCUT2D eigenvalue weighted by Crippen LogP contribution is 2.34. The van der Waals surface area contributed by atoms with Crippen molar-refractivity contribution in [2.24, 2.45) is 5.41 Å². The molecule has 0 atom stereocenters. The first-order valence-electron chi connectivity index (χ1n) is 3.81. The zero-order valence-electron chi connectivity index (χ0n) is 7.30. The Morgan fingerprint density at radius 1 is 1.15 bits per heavy atom. The minimum Gasteiger partial charge on any atom is -0.395 e. The van der Waals surface area contributed by atoms with Crippen molar-refractivity contribution in [1.29, 1.82) is 0 Å². The lowest BCUT2D eigenvalue weighted by molar-refractivity contribution is -0.161. The van der Waals surface area contributed by atoms with Gasteiger partial charge in [0, 0.05) is 5.41 Å². The van der Waals surface area contributed by atoms with Crippen molar-refractivity contribution in [3.8, 4) is 0 Å². The third kappa shape index (κ3) is 4.28. The number of aliphatic hydroxyl groups is 2. The number of allylic oxidation sites excluding steroid dienone is 1. The van der Waals surface area contributed by atoms with E-state index in [1.165, 1.54) is 19.1 Å². The lowest BCUT2D eigenvalue weighted by Crippen LogP contribution is -2.33. The van der Waals surface area contributed by atoms with Crippen LogP contribution < -0.4 is 0 Å². The molecule has 0 unspecified atom stereocenters. The van der Waals surface area contributed by atoms with Gasteiger partial charge < -0.3 is 10.2 Å². The molecule has 0 aromatic carbocycles. The minimum absolute atomic E-state index is 0.715. The molecule has 2 N–H and O–H groups in total. The van der Waals surface area contributed by atoms with E-state index in [0.717, 1.165) is 0 Å². The maximum atomic E-state index is 12.0. The second-order valence-corrected chi connectivity index (χ2v) is 2.97. The van der Waals surface area contributed by atoms with Gasteiger partial charge in [-0.15, -0.1) is 0 Å². The molecule has 0 fully saturated rings. The zero-order chi connectivity index (χ0) is 10.5. The Morgan fingerprint density at radius 3 is 1.85 bits per heavy atom. The first kappa shape index (κ1) is 12.4. The van der Waals surface area contributed by atoms with Gasteiger partial charge in [0.15, 0.2) is 0 Å². The summed E-state index contributed by atoms with van der Waals surface area (Å²) in [5.41, 5.74) is -1.58. The van der Waals surface area contributed by atoms with Gasteiger partial charge in [-0.2, -0.15) is 13.2 Å². The molecular weight excluding hydrogens is 185 g/mol. The van der Waals surface area contributed by atoms with Crippen LogP contribution in [0.1, 0.15) is 13.3 Å². The van der Waals surface area contributed by atoms with Crippen molar-refractivity contribution >= 4 is 0 Å². The number of aliphatic hydroxyl groups excluding tert-OH is 2. The van der Waals surface area contributed by atoms with E-state index in [0.29, 0.717) is 0 Å². The first-order chi connectivity index (χ1) is 5.89. The van der Waals surface area contributed by atoms with Gasteiger partial charge in [0.1, 0.15) is 0 Å². The molecular formula is C8H13F3O2. The summed E-state index contributed by atoms with van der Waals surface area (Å²) < 4.78 is 36.0. The second kappa shape index (κ2) is 4.62. The minimum atomic E-state index is -4.38. The van der Waals surface area contributed by atoms with Crippen LogP contribution in [0.2, 0.25) is 0 Å². The number of rotatable bonds is 4. The van der Waals surface area contributed by atoms with E-state index in [9.17, 15) is 13.2 Å². The highest BCUT2D eigenvalue weighted by atomic mass is 19.4. The van der Waals surface area contributed by atoms with Crippen LogP contribution >= 0.6 is 0 Å². The molecule has 0 aromatic rings. The Balaban J connectivity index is 4.58. The van der Waals surface area contributed by atoms with Gasteiger partial charge in [-0.05, 0) is 6.92 Å². The predicted molar refractivity (Wildman–Crippen MR) is 42.1 cm³/mol. The van der Waals surface area contributed by atoms with Crippen molar-refractivity contribution in [2.75, 3.05) is 13.2 Å². The molecule has 78 valence electrons. The molecule has 13 heavy (non-hydrogen) atoms. The average Bonchev–Trinajstić information content (AvgIpc) is 2.01. The van der Waals surface area contributed by atoms with Crippen LogP contribution in [0.3, 0.4) is 0 Å². The number of halogens is 3. The van der Waals surface area contributed by atoms with Crippen LogP contribution in [0.5, 0.6) is 0 Å². The molecule has 2 nitrogen and oxygen atoms in total. The lowest BCUT2D eigenvalue weighted by atomic mass is 9.85. The van der Waals surface area contributed by atoms with E-state index in [1.807, 2.05) is 0 Å². The van der Waals surface area contributed by atoms with Crippen molar-refractivity contribution in [3.05, 3.63) is 12.2 Å². The van der Waals surface area contributed by atoms with Crippen LogP contribution in [0, 0.1) is 5.41 Å². The lowest BCUT2D eigenvalue weighted by Gasteiger charge is -2.26. The van der Waals surface area contributed by atoms with Crippen LogP contribution in [0.4, 0.5) is 13.2 Å².